The molecule has 0 aliphatic rings. The van der Waals surface area contributed by atoms with E-state index < -0.39 is 0 Å². The van der Waals surface area contributed by atoms with Crippen LogP contribution in [-0.2, 0) is 0 Å². The maximum absolute atomic E-state index is 9.86. The number of para-hydroxylation sites is 1. The van der Waals surface area contributed by atoms with Gasteiger partial charge >= 0.3 is 0 Å². The number of nitrogens with zero attached hydrogens (tertiary/aromatic N) is 2. The number of thiazole rings is 1. The molecule has 0 saturated heterocycles. The van der Waals surface area contributed by atoms with Crippen LogP contribution in [0, 0.1) is 4.91 Å². The van der Waals surface area contributed by atoms with Gasteiger partial charge in [-0.05, 0) is 12.1 Å². The first-order chi connectivity index (χ1) is 5.90. The largest absolute Gasteiger partial charge is 0.219 e. The molecule has 1 aromatic carbocycles. The molecule has 0 bridgehead atoms. The van der Waals surface area contributed by atoms with Gasteiger partial charge in [-0.25, -0.2) is 10.4 Å². The second-order valence-electron chi connectivity index (χ2n) is 2.19. The van der Waals surface area contributed by atoms with E-state index in [0.29, 0.717) is 5.13 Å². The molecule has 4 nitrogen and oxygen atoms in total. The normalized spacial score (nSPS) is 9.23. The average Bonchev–Trinajstić information content (AvgIpc) is 2.47. The Kier molecular flexibility index (Phi) is 3.80. The Hall–Kier alpha value is -0.490. The summed E-state index contributed by atoms with van der Waals surface area (Å²) in [6.07, 6.45) is 0. The topological polar surface area (TPSA) is 54.4 Å². The molecule has 2 rings (SSSR count). The quantitative estimate of drug-likeness (QED) is 0.460. The van der Waals surface area contributed by atoms with E-state index in [9.17, 15) is 4.91 Å². The molecule has 1 heterocycles. The minimum Gasteiger partial charge on any atom is -0.219 e. The summed E-state index contributed by atoms with van der Waals surface area (Å²) in [5.41, 5.74) is 3.16. The van der Waals surface area contributed by atoms with Crippen LogP contribution in [0.3, 0.4) is 0 Å². The number of aromatic nitrogens is 1. The van der Waals surface area contributed by atoms with Crippen molar-refractivity contribution in [2.24, 2.45) is 5.29 Å². The molecule has 0 aliphatic heterocycles. The second-order valence-corrected chi connectivity index (χ2v) is 3.22. The van der Waals surface area contributed by atoms with E-state index in [0.717, 1.165) is 10.2 Å². The van der Waals surface area contributed by atoms with Crippen LogP contribution in [0.15, 0.2) is 29.6 Å². The van der Waals surface area contributed by atoms with Gasteiger partial charge < -0.3 is 0 Å². The van der Waals surface area contributed by atoms with Crippen molar-refractivity contribution in [1.29, 1.82) is 0 Å². The minimum atomic E-state index is 0. The number of rotatable bonds is 2. The number of fused-ring (bicyclic) bond motifs is 1. The molecule has 0 amide bonds. The maximum atomic E-state index is 9.86. The molecule has 0 spiro atoms. The van der Waals surface area contributed by atoms with Gasteiger partial charge in [0.15, 0.2) is 0 Å². The summed E-state index contributed by atoms with van der Waals surface area (Å²) in [5, 5.41) is 3.08. The summed E-state index contributed by atoms with van der Waals surface area (Å²) in [7, 11) is 0. The molecule has 6 heteroatoms. The molecule has 1 N–H and O–H groups in total. The molecule has 1 aromatic heterocycles. The third-order valence-corrected chi connectivity index (χ3v) is 2.38. The summed E-state index contributed by atoms with van der Waals surface area (Å²) in [6, 6.07) is 7.67. The van der Waals surface area contributed by atoms with Crippen molar-refractivity contribution in [3.63, 3.8) is 0 Å². The standard InChI is InChI=1S/C7H5N3OS.Na/c11-10-9-7-8-5-3-1-2-4-6(5)12-7;/h1-4H,(H,8,9,11);. The van der Waals surface area contributed by atoms with Gasteiger partial charge in [-0.3, -0.25) is 0 Å². The van der Waals surface area contributed by atoms with Crippen LogP contribution in [0.4, 0.5) is 5.13 Å². The van der Waals surface area contributed by atoms with Crippen LogP contribution in [0.2, 0.25) is 0 Å². The zero-order valence-electron chi connectivity index (χ0n) is 7.02. The summed E-state index contributed by atoms with van der Waals surface area (Å²) in [5.74, 6) is 0. The number of hydrogen-bond donors (Lipinski definition) is 1. The molecule has 0 aliphatic carbocycles. The van der Waals surface area contributed by atoms with Crippen LogP contribution in [0.25, 0.3) is 10.2 Å². The first kappa shape index (κ1) is 10.6. The maximum Gasteiger partial charge on any atom is 0.207 e. The first-order valence-corrected chi connectivity index (χ1v) is 4.16. The van der Waals surface area contributed by atoms with E-state index in [4.69, 9.17) is 0 Å². The zero-order valence-corrected chi connectivity index (χ0v) is 9.84. The van der Waals surface area contributed by atoms with Crippen molar-refractivity contribution in [2.75, 3.05) is 5.43 Å². The summed E-state index contributed by atoms with van der Waals surface area (Å²) in [4.78, 5) is 14.0. The SMILES string of the molecule is O=NNc1nc2ccccc2s1.[Na]. The molecule has 61 valence electrons. The van der Waals surface area contributed by atoms with Crippen LogP contribution >= 0.6 is 11.3 Å². The fraction of sp³-hybridized carbons (Fsp3) is 0. The summed E-state index contributed by atoms with van der Waals surface area (Å²) < 4.78 is 1.05. The third-order valence-electron chi connectivity index (χ3n) is 1.44. The molecule has 0 atom stereocenters. The Bertz CT molecular complexity index is 384. The molecule has 1 radical (unpaired) electrons. The monoisotopic (exact) mass is 202 g/mol. The van der Waals surface area contributed by atoms with Gasteiger partial charge in [-0.15, -0.1) is 4.91 Å². The molecule has 0 saturated carbocycles. The van der Waals surface area contributed by atoms with Crippen molar-refractivity contribution in [3.05, 3.63) is 29.2 Å². The van der Waals surface area contributed by atoms with E-state index in [-0.39, 0.29) is 29.6 Å². The van der Waals surface area contributed by atoms with Crippen molar-refractivity contribution >= 4 is 56.2 Å². The van der Waals surface area contributed by atoms with Crippen molar-refractivity contribution in [3.8, 4) is 0 Å². The first-order valence-electron chi connectivity index (χ1n) is 3.34. The third kappa shape index (κ3) is 2.25. The Balaban J connectivity index is 0.000000845. The van der Waals surface area contributed by atoms with Gasteiger partial charge in [0.2, 0.25) is 5.13 Å². The van der Waals surface area contributed by atoms with Gasteiger partial charge in [0.25, 0.3) is 0 Å². The summed E-state index contributed by atoms with van der Waals surface area (Å²) in [6.45, 7) is 0. The van der Waals surface area contributed by atoms with Gasteiger partial charge in [0.1, 0.15) is 0 Å². The molecular weight excluding hydrogens is 197 g/mol. The predicted octanol–water partition coefficient (Wildman–Crippen LogP) is 2.01. The molecule has 0 unspecified atom stereocenters. The fourth-order valence-corrected chi connectivity index (χ4v) is 1.76. The number of nitrogens with one attached hydrogen (secondary N) is 1. The van der Waals surface area contributed by atoms with Crippen molar-refractivity contribution in [1.82, 2.24) is 4.98 Å². The molecular formula is C7H5N3NaOS. The van der Waals surface area contributed by atoms with Crippen molar-refractivity contribution in [2.45, 2.75) is 0 Å². The second kappa shape index (κ2) is 4.66. The van der Waals surface area contributed by atoms with Gasteiger partial charge in [0, 0.05) is 29.6 Å². The van der Waals surface area contributed by atoms with Crippen LogP contribution in [0.1, 0.15) is 0 Å². The van der Waals surface area contributed by atoms with E-state index in [1.807, 2.05) is 24.3 Å². The summed E-state index contributed by atoms with van der Waals surface area (Å²) >= 11 is 1.41. The van der Waals surface area contributed by atoms with E-state index >= 15 is 0 Å². The number of hydrogen-bond acceptors (Lipinski definition) is 4. The Labute approximate surface area is 101 Å². The smallest absolute Gasteiger partial charge is 0.207 e. The van der Waals surface area contributed by atoms with Crippen LogP contribution < -0.4 is 5.43 Å². The number of anilines is 1. The number of benzene rings is 1. The Morgan fingerprint density at radius 1 is 1.38 bits per heavy atom. The molecule has 0 fully saturated rings. The Morgan fingerprint density at radius 2 is 2.15 bits per heavy atom. The average molecular weight is 202 g/mol. The minimum absolute atomic E-state index is 0. The van der Waals surface area contributed by atoms with Crippen molar-refractivity contribution < 1.29 is 0 Å². The van der Waals surface area contributed by atoms with Crippen LogP contribution in [-0.4, -0.2) is 34.5 Å². The Morgan fingerprint density at radius 3 is 2.85 bits per heavy atom. The van der Waals surface area contributed by atoms with E-state index in [2.05, 4.69) is 15.7 Å². The number of nitroso groups, excluding NO2 is 1. The predicted molar refractivity (Wildman–Crippen MR) is 54.8 cm³/mol. The molecule has 2 aromatic rings. The van der Waals surface area contributed by atoms with E-state index in [1.165, 1.54) is 11.3 Å². The van der Waals surface area contributed by atoms with Gasteiger partial charge in [-0.2, -0.15) is 0 Å². The van der Waals surface area contributed by atoms with E-state index in [1.54, 1.807) is 0 Å². The van der Waals surface area contributed by atoms with Gasteiger partial charge in [-0.1, -0.05) is 23.5 Å². The molecule has 13 heavy (non-hydrogen) atoms. The van der Waals surface area contributed by atoms with Crippen LogP contribution in [0.5, 0.6) is 0 Å². The zero-order chi connectivity index (χ0) is 8.39. The fourth-order valence-electron chi connectivity index (χ4n) is 0.959. The van der Waals surface area contributed by atoms with Gasteiger partial charge in [0.05, 0.1) is 15.5 Å².